The molecule has 0 radical (unpaired) electrons. The number of benzene rings is 2. The van der Waals surface area contributed by atoms with Crippen molar-refractivity contribution >= 4 is 29.2 Å². The molecule has 0 saturated heterocycles. The van der Waals surface area contributed by atoms with Gasteiger partial charge in [0.05, 0.1) is 22.0 Å². The summed E-state index contributed by atoms with van der Waals surface area (Å²) in [6.45, 7) is 3.44. The normalized spacial score (nSPS) is 10.5. The summed E-state index contributed by atoms with van der Waals surface area (Å²) in [5.41, 5.74) is 3.63. The molecule has 0 aliphatic rings. The molecule has 0 aliphatic heterocycles. The van der Waals surface area contributed by atoms with Crippen LogP contribution in [-0.4, -0.2) is 28.3 Å². The summed E-state index contributed by atoms with van der Waals surface area (Å²) < 4.78 is 6.82. The molecule has 27 heavy (non-hydrogen) atoms. The lowest BCUT2D eigenvalue weighted by atomic mass is 10.2. The van der Waals surface area contributed by atoms with Crippen LogP contribution in [0.5, 0.6) is 0 Å². The zero-order valence-electron chi connectivity index (χ0n) is 14.9. The molecule has 3 aromatic rings. The number of esters is 1. The van der Waals surface area contributed by atoms with E-state index in [0.29, 0.717) is 16.3 Å². The number of carbonyl (C=O) groups excluding carboxylic acids is 2. The standard InChI is InChI=1S/C20H18ClN3O3/c1-13-3-8-18(17(21)11-13)23-19(25)12-27-20(26)15-4-6-16(7-5-15)24-14(2)9-10-22-24/h3-11H,12H2,1-2H3,(H,23,25). The van der Waals surface area contributed by atoms with Crippen molar-refractivity contribution in [3.8, 4) is 5.69 Å². The molecule has 0 saturated carbocycles. The van der Waals surface area contributed by atoms with Crippen molar-refractivity contribution in [2.75, 3.05) is 11.9 Å². The molecule has 0 aliphatic carbocycles. The lowest BCUT2D eigenvalue weighted by molar-refractivity contribution is -0.119. The Labute approximate surface area is 161 Å². The van der Waals surface area contributed by atoms with E-state index in [9.17, 15) is 9.59 Å². The molecule has 0 bridgehead atoms. The average molecular weight is 384 g/mol. The fourth-order valence-corrected chi connectivity index (χ4v) is 2.78. The third-order valence-electron chi connectivity index (χ3n) is 3.91. The largest absolute Gasteiger partial charge is 0.452 e. The van der Waals surface area contributed by atoms with E-state index in [1.165, 1.54) is 0 Å². The van der Waals surface area contributed by atoms with E-state index in [1.807, 2.05) is 26.0 Å². The number of ether oxygens (including phenoxy) is 1. The quantitative estimate of drug-likeness (QED) is 0.677. The molecule has 138 valence electrons. The Kier molecular flexibility index (Phi) is 5.57. The molecule has 0 fully saturated rings. The molecule has 1 heterocycles. The fourth-order valence-electron chi connectivity index (χ4n) is 2.50. The highest BCUT2D eigenvalue weighted by molar-refractivity contribution is 6.33. The van der Waals surface area contributed by atoms with E-state index < -0.39 is 18.5 Å². The van der Waals surface area contributed by atoms with E-state index in [2.05, 4.69) is 10.4 Å². The zero-order chi connectivity index (χ0) is 19.4. The molecule has 1 aromatic heterocycles. The van der Waals surface area contributed by atoms with Gasteiger partial charge < -0.3 is 10.1 Å². The van der Waals surface area contributed by atoms with Crippen LogP contribution in [0.4, 0.5) is 5.69 Å². The summed E-state index contributed by atoms with van der Waals surface area (Å²) >= 11 is 6.07. The topological polar surface area (TPSA) is 73.2 Å². The molecule has 1 amide bonds. The Hall–Kier alpha value is -3.12. The Bertz CT molecular complexity index is 980. The Morgan fingerprint density at radius 1 is 1.11 bits per heavy atom. The molecule has 7 heteroatoms. The van der Waals surface area contributed by atoms with E-state index in [4.69, 9.17) is 16.3 Å². The highest BCUT2D eigenvalue weighted by atomic mass is 35.5. The van der Waals surface area contributed by atoms with Gasteiger partial charge >= 0.3 is 5.97 Å². The number of rotatable bonds is 5. The predicted molar refractivity (Wildman–Crippen MR) is 103 cm³/mol. The van der Waals surface area contributed by atoms with Crippen molar-refractivity contribution in [2.45, 2.75) is 13.8 Å². The molecular weight excluding hydrogens is 366 g/mol. The fraction of sp³-hybridized carbons (Fsp3) is 0.150. The van der Waals surface area contributed by atoms with Gasteiger partial charge in [0.25, 0.3) is 5.91 Å². The number of hydrogen-bond donors (Lipinski definition) is 1. The number of carbonyl (C=O) groups is 2. The van der Waals surface area contributed by atoms with Gasteiger partial charge in [0.2, 0.25) is 0 Å². The number of amides is 1. The molecule has 1 N–H and O–H groups in total. The van der Waals surface area contributed by atoms with Crippen LogP contribution in [0.15, 0.2) is 54.7 Å². The van der Waals surface area contributed by atoms with Gasteiger partial charge in [-0.25, -0.2) is 9.48 Å². The minimum Gasteiger partial charge on any atom is -0.452 e. The van der Waals surface area contributed by atoms with Crippen molar-refractivity contribution in [3.63, 3.8) is 0 Å². The van der Waals surface area contributed by atoms with Gasteiger partial charge in [-0.05, 0) is 61.9 Å². The second-order valence-electron chi connectivity index (χ2n) is 6.04. The smallest absolute Gasteiger partial charge is 0.338 e. The van der Waals surface area contributed by atoms with Crippen LogP contribution in [0.25, 0.3) is 5.69 Å². The maximum absolute atomic E-state index is 12.1. The Morgan fingerprint density at radius 3 is 2.48 bits per heavy atom. The number of aromatic nitrogens is 2. The SMILES string of the molecule is Cc1ccc(NC(=O)COC(=O)c2ccc(-n3nccc3C)cc2)c(Cl)c1. The summed E-state index contributed by atoms with van der Waals surface area (Å²) in [6, 6.07) is 14.0. The number of nitrogens with zero attached hydrogens (tertiary/aromatic N) is 2. The van der Waals surface area contributed by atoms with E-state index in [1.54, 1.807) is 47.3 Å². The molecule has 2 aromatic carbocycles. The lowest BCUT2D eigenvalue weighted by Crippen LogP contribution is -2.21. The van der Waals surface area contributed by atoms with Crippen molar-refractivity contribution in [2.24, 2.45) is 0 Å². The van der Waals surface area contributed by atoms with Gasteiger partial charge in [-0.3, -0.25) is 4.79 Å². The van der Waals surface area contributed by atoms with Gasteiger partial charge in [-0.1, -0.05) is 17.7 Å². The van der Waals surface area contributed by atoms with E-state index in [0.717, 1.165) is 16.9 Å². The lowest BCUT2D eigenvalue weighted by Gasteiger charge is -2.09. The van der Waals surface area contributed by atoms with Crippen LogP contribution in [-0.2, 0) is 9.53 Å². The predicted octanol–water partition coefficient (Wildman–Crippen LogP) is 3.94. The molecule has 0 atom stereocenters. The zero-order valence-corrected chi connectivity index (χ0v) is 15.7. The Balaban J connectivity index is 1.57. The first-order valence-electron chi connectivity index (χ1n) is 8.28. The average Bonchev–Trinajstić information content (AvgIpc) is 3.08. The molecule has 3 rings (SSSR count). The van der Waals surface area contributed by atoms with Crippen molar-refractivity contribution in [1.29, 1.82) is 0 Å². The summed E-state index contributed by atoms with van der Waals surface area (Å²) in [5.74, 6) is -1.04. The van der Waals surface area contributed by atoms with E-state index >= 15 is 0 Å². The van der Waals surface area contributed by atoms with Crippen LogP contribution in [0, 0.1) is 13.8 Å². The maximum atomic E-state index is 12.1. The molecular formula is C20H18ClN3O3. The van der Waals surface area contributed by atoms with Crippen molar-refractivity contribution < 1.29 is 14.3 Å². The third-order valence-corrected chi connectivity index (χ3v) is 4.23. The second-order valence-corrected chi connectivity index (χ2v) is 6.45. The van der Waals surface area contributed by atoms with Gasteiger partial charge in [0.15, 0.2) is 6.61 Å². The third kappa shape index (κ3) is 4.54. The second kappa shape index (κ2) is 8.05. The number of halogens is 1. The minimum absolute atomic E-state index is 0.352. The number of aryl methyl sites for hydroxylation is 2. The van der Waals surface area contributed by atoms with Crippen LogP contribution >= 0.6 is 11.6 Å². The Morgan fingerprint density at radius 2 is 1.85 bits per heavy atom. The monoisotopic (exact) mass is 383 g/mol. The number of anilines is 1. The van der Waals surface area contributed by atoms with Crippen LogP contribution < -0.4 is 5.32 Å². The summed E-state index contributed by atoms with van der Waals surface area (Å²) in [7, 11) is 0. The van der Waals surface area contributed by atoms with Crippen LogP contribution in [0.2, 0.25) is 5.02 Å². The maximum Gasteiger partial charge on any atom is 0.338 e. The highest BCUT2D eigenvalue weighted by Gasteiger charge is 2.12. The number of nitrogens with one attached hydrogen (secondary N) is 1. The molecule has 0 unspecified atom stereocenters. The van der Waals surface area contributed by atoms with Crippen LogP contribution in [0.1, 0.15) is 21.6 Å². The van der Waals surface area contributed by atoms with Crippen molar-refractivity contribution in [1.82, 2.24) is 9.78 Å². The summed E-state index contributed by atoms with van der Waals surface area (Å²) in [5, 5.41) is 7.26. The first kappa shape index (κ1) is 18.7. The minimum atomic E-state index is -0.580. The van der Waals surface area contributed by atoms with Gasteiger partial charge in [-0.15, -0.1) is 0 Å². The van der Waals surface area contributed by atoms with E-state index in [-0.39, 0.29) is 0 Å². The van der Waals surface area contributed by atoms with Gasteiger partial charge in [-0.2, -0.15) is 5.10 Å². The summed E-state index contributed by atoms with van der Waals surface area (Å²) in [4.78, 5) is 24.1. The molecule has 0 spiro atoms. The first-order chi connectivity index (χ1) is 12.9. The molecule has 6 nitrogen and oxygen atoms in total. The van der Waals surface area contributed by atoms with Gasteiger partial charge in [0, 0.05) is 11.9 Å². The van der Waals surface area contributed by atoms with Gasteiger partial charge in [0.1, 0.15) is 0 Å². The number of hydrogen-bond acceptors (Lipinski definition) is 4. The van der Waals surface area contributed by atoms with Crippen molar-refractivity contribution in [3.05, 3.63) is 76.6 Å². The van der Waals surface area contributed by atoms with Crippen LogP contribution in [0.3, 0.4) is 0 Å². The highest BCUT2D eigenvalue weighted by Crippen LogP contribution is 2.22. The summed E-state index contributed by atoms with van der Waals surface area (Å²) in [6.07, 6.45) is 1.70. The first-order valence-corrected chi connectivity index (χ1v) is 8.66.